The second-order valence-corrected chi connectivity index (χ2v) is 12.5. The summed E-state index contributed by atoms with van der Waals surface area (Å²) in [5.41, 5.74) is 3.57. The number of benzene rings is 1. The molecule has 0 saturated heterocycles. The molecule has 4 aromatic heterocycles. The number of ether oxygens (including phenoxy) is 3. The van der Waals surface area contributed by atoms with E-state index in [-0.39, 0.29) is 36.1 Å². The summed E-state index contributed by atoms with van der Waals surface area (Å²) in [7, 11) is 1.52. The highest BCUT2D eigenvalue weighted by Crippen LogP contribution is 2.39. The summed E-state index contributed by atoms with van der Waals surface area (Å²) in [6.07, 6.45) is 4.11. The Kier molecular flexibility index (Phi) is 9.09. The van der Waals surface area contributed by atoms with Gasteiger partial charge in [0.25, 0.3) is 11.8 Å². The molecule has 1 atom stereocenters. The minimum Gasteiger partial charge on any atom is -0.480 e. The molecule has 1 aliphatic carbocycles. The first-order valence-corrected chi connectivity index (χ1v) is 15.7. The molecular weight excluding hydrogens is 629 g/mol. The zero-order valence-electron chi connectivity index (χ0n) is 25.9. The van der Waals surface area contributed by atoms with Crippen molar-refractivity contribution in [3.63, 3.8) is 0 Å². The molecule has 0 radical (unpaired) electrons. The van der Waals surface area contributed by atoms with E-state index in [2.05, 4.69) is 35.6 Å². The summed E-state index contributed by atoms with van der Waals surface area (Å²) >= 11 is 1.26. The first-order chi connectivity index (χ1) is 22.6. The third kappa shape index (κ3) is 7.05. The number of nitrogens with one attached hydrogen (secondary N) is 2. The number of pyridine rings is 2. The minimum absolute atomic E-state index is 0.0301. The Labute approximate surface area is 272 Å². The Hall–Kier alpha value is -5.02. The van der Waals surface area contributed by atoms with Crippen molar-refractivity contribution in [2.75, 3.05) is 32.2 Å². The Morgan fingerprint density at radius 1 is 1.11 bits per heavy atom. The molecule has 1 saturated carbocycles. The number of hydrogen-bond donors (Lipinski definition) is 3. The van der Waals surface area contributed by atoms with Crippen LogP contribution in [0.4, 0.5) is 14.9 Å². The summed E-state index contributed by atoms with van der Waals surface area (Å²) in [5, 5.41) is 15.5. The van der Waals surface area contributed by atoms with Crippen LogP contribution in [0.5, 0.6) is 11.8 Å². The molecule has 4 heterocycles. The van der Waals surface area contributed by atoms with Crippen LogP contribution in [-0.4, -0.2) is 75.0 Å². The predicted octanol–water partition coefficient (Wildman–Crippen LogP) is 5.06. The average molecular weight is 662 g/mol. The maximum absolute atomic E-state index is 14.9. The second-order valence-electron chi connectivity index (χ2n) is 11.5. The van der Waals surface area contributed by atoms with Gasteiger partial charge in [0.05, 0.1) is 42.8 Å². The lowest BCUT2D eigenvalue weighted by molar-refractivity contribution is 0.0428. The highest BCUT2D eigenvalue weighted by atomic mass is 32.1. The van der Waals surface area contributed by atoms with E-state index in [1.54, 1.807) is 6.92 Å². The molecule has 1 fully saturated rings. The van der Waals surface area contributed by atoms with E-state index in [1.165, 1.54) is 49.0 Å². The van der Waals surface area contributed by atoms with Crippen molar-refractivity contribution in [2.45, 2.75) is 39.2 Å². The van der Waals surface area contributed by atoms with Crippen molar-refractivity contribution in [3.8, 4) is 22.3 Å². The van der Waals surface area contributed by atoms with Gasteiger partial charge in [-0.2, -0.15) is 4.98 Å². The topological polar surface area (TPSA) is 171 Å². The number of hydrogen-bond acceptors (Lipinski definition) is 12. The maximum atomic E-state index is 14.9. The smallest absolute Gasteiger partial charge is 0.412 e. The van der Waals surface area contributed by atoms with Crippen LogP contribution >= 0.6 is 11.3 Å². The largest absolute Gasteiger partial charge is 0.480 e. The van der Waals surface area contributed by atoms with E-state index in [4.69, 9.17) is 14.2 Å². The average Bonchev–Trinajstić information content (AvgIpc) is 3.45. The van der Waals surface area contributed by atoms with Crippen molar-refractivity contribution in [2.24, 2.45) is 5.41 Å². The van der Waals surface area contributed by atoms with Gasteiger partial charge < -0.3 is 24.6 Å². The van der Waals surface area contributed by atoms with Gasteiger partial charge in [-0.15, -0.1) is 0 Å². The van der Waals surface area contributed by atoms with Crippen LogP contribution in [-0.2, 0) is 4.74 Å². The Morgan fingerprint density at radius 2 is 1.94 bits per heavy atom. The molecule has 2 amide bonds. The van der Waals surface area contributed by atoms with Gasteiger partial charge in [0, 0.05) is 23.6 Å². The van der Waals surface area contributed by atoms with E-state index >= 15 is 0 Å². The number of rotatable bonds is 11. The Bertz CT molecular complexity index is 1950. The summed E-state index contributed by atoms with van der Waals surface area (Å²) in [6, 6.07) is 8.08. The monoisotopic (exact) mass is 661 g/mol. The number of amides is 2. The third-order valence-electron chi connectivity index (χ3n) is 7.89. The fourth-order valence-electron chi connectivity index (χ4n) is 5.14. The molecule has 1 aromatic carbocycles. The quantitative estimate of drug-likeness (QED) is 0.173. The van der Waals surface area contributed by atoms with Gasteiger partial charge in [-0.1, -0.05) is 17.8 Å². The number of nitrogens with zero attached hydrogens (tertiary/aromatic N) is 5. The van der Waals surface area contributed by atoms with Crippen LogP contribution in [0.3, 0.4) is 0 Å². The van der Waals surface area contributed by atoms with Gasteiger partial charge in [0.15, 0.2) is 5.82 Å². The molecule has 0 aliphatic heterocycles. The van der Waals surface area contributed by atoms with E-state index in [0.717, 1.165) is 30.4 Å². The van der Waals surface area contributed by atoms with Crippen molar-refractivity contribution in [3.05, 3.63) is 59.8 Å². The fourth-order valence-corrected chi connectivity index (χ4v) is 6.07. The number of carbonyl (C=O) groups is 2. The molecule has 13 nitrogen and oxygen atoms in total. The molecule has 3 N–H and O–H groups in total. The molecule has 47 heavy (non-hydrogen) atoms. The highest BCUT2D eigenvalue weighted by molar-refractivity contribution is 7.21. The number of thiazole rings is 1. The van der Waals surface area contributed by atoms with Gasteiger partial charge >= 0.3 is 6.09 Å². The molecular formula is C32H32FN7O6S. The van der Waals surface area contributed by atoms with Crippen molar-refractivity contribution in [1.29, 1.82) is 0 Å². The molecule has 0 spiro atoms. The molecule has 0 bridgehead atoms. The first-order valence-electron chi connectivity index (χ1n) is 14.9. The highest BCUT2D eigenvalue weighted by Gasteiger charge is 2.36. The lowest BCUT2D eigenvalue weighted by Gasteiger charge is -2.40. The van der Waals surface area contributed by atoms with Gasteiger partial charge in [-0.05, 0) is 56.5 Å². The van der Waals surface area contributed by atoms with Gasteiger partial charge in [0.2, 0.25) is 5.88 Å². The molecule has 6 rings (SSSR count). The molecule has 1 aliphatic rings. The molecule has 244 valence electrons. The van der Waals surface area contributed by atoms with Crippen LogP contribution in [0.15, 0.2) is 42.7 Å². The lowest BCUT2D eigenvalue weighted by Crippen LogP contribution is -2.44. The number of aromatic nitrogens is 5. The zero-order chi connectivity index (χ0) is 33.1. The molecule has 5 aromatic rings. The number of halogens is 1. The van der Waals surface area contributed by atoms with Crippen LogP contribution < -0.4 is 20.1 Å². The van der Waals surface area contributed by atoms with Crippen LogP contribution in [0.25, 0.3) is 32.0 Å². The van der Waals surface area contributed by atoms with Crippen molar-refractivity contribution < 1.29 is 33.3 Å². The zero-order valence-corrected chi connectivity index (χ0v) is 26.7. The van der Waals surface area contributed by atoms with E-state index in [9.17, 15) is 19.1 Å². The van der Waals surface area contributed by atoms with E-state index < -0.39 is 18.0 Å². The normalized spacial score (nSPS) is 14.3. The summed E-state index contributed by atoms with van der Waals surface area (Å²) < 4.78 is 31.0. The summed E-state index contributed by atoms with van der Waals surface area (Å²) in [6.45, 7) is 3.77. The summed E-state index contributed by atoms with van der Waals surface area (Å²) in [5.74, 6) is -0.928. The fraction of sp³-hybridized carbons (Fsp3) is 0.344. The third-order valence-corrected chi connectivity index (χ3v) is 8.89. The number of fused-ring (bicyclic) bond motifs is 2. The van der Waals surface area contributed by atoms with Gasteiger partial charge in [-0.25, -0.2) is 29.1 Å². The number of anilines is 1. The Morgan fingerprint density at radius 3 is 2.64 bits per heavy atom. The number of aliphatic hydroxyl groups is 1. The number of aryl methyl sites for hydroxylation is 1. The SMILES string of the molecule is COc1cnc2c(-c3nc4cc(F)c(OC[C@@H](C)OC(=O)Nc5ccc(C(=O)NCC6(CO)CCC6)nc5)nc4s3)cc(C)cc2n1. The number of methoxy groups -OCH3 is 1. The van der Waals surface area contributed by atoms with E-state index in [1.807, 2.05) is 19.1 Å². The van der Waals surface area contributed by atoms with Crippen molar-refractivity contribution >= 4 is 50.4 Å². The maximum Gasteiger partial charge on any atom is 0.412 e. The Balaban J connectivity index is 1.05. The van der Waals surface area contributed by atoms with Crippen LogP contribution in [0.2, 0.25) is 0 Å². The predicted molar refractivity (Wildman–Crippen MR) is 172 cm³/mol. The number of carbonyl (C=O) groups excluding carboxylic acids is 2. The lowest BCUT2D eigenvalue weighted by atomic mass is 9.69. The van der Waals surface area contributed by atoms with Gasteiger partial charge in [-0.3, -0.25) is 10.1 Å². The van der Waals surface area contributed by atoms with Crippen LogP contribution in [0.1, 0.15) is 42.2 Å². The standard InChI is InChI=1S/C32H32FN7O6S/c1-17-9-20(26-23(10-17)38-25(44-3)13-35-26)29-39-24-11-21(33)28(40-30(24)47-29)45-14-18(2)46-31(43)37-19-5-6-22(34-12-19)27(42)36-15-32(16-41)7-4-8-32/h5-6,9-13,18,41H,4,7-8,14-16H2,1-3H3,(H,36,42)(H,37,43)/t18-/m1/s1. The van der Waals surface area contributed by atoms with Gasteiger partial charge in [0.1, 0.15) is 33.8 Å². The molecule has 0 unspecified atom stereocenters. The minimum atomic E-state index is -0.781. The molecule has 15 heteroatoms. The number of aliphatic hydroxyl groups excluding tert-OH is 1. The van der Waals surface area contributed by atoms with Crippen LogP contribution in [0, 0.1) is 18.2 Å². The summed E-state index contributed by atoms with van der Waals surface area (Å²) in [4.78, 5) is 47.3. The first kappa shape index (κ1) is 31.9. The second kappa shape index (κ2) is 13.4. The van der Waals surface area contributed by atoms with Crippen molar-refractivity contribution in [1.82, 2.24) is 30.2 Å². The van der Waals surface area contributed by atoms with E-state index in [0.29, 0.717) is 44.5 Å².